The Morgan fingerprint density at radius 1 is 1.61 bits per heavy atom. The number of nitrogens with one attached hydrogen (secondary N) is 1. The molecule has 0 heterocycles. The summed E-state index contributed by atoms with van der Waals surface area (Å²) < 4.78 is 13.1. The Morgan fingerprint density at radius 3 is 2.78 bits per heavy atom. The van der Waals surface area contributed by atoms with E-state index in [0.717, 1.165) is 12.1 Å². The van der Waals surface area contributed by atoms with Crippen molar-refractivity contribution in [3.05, 3.63) is 34.1 Å². The molecule has 0 spiro atoms. The molecule has 1 aromatic carbocycles. The molecule has 1 aromatic rings. The zero-order valence-corrected chi connectivity index (χ0v) is 9.85. The van der Waals surface area contributed by atoms with Crippen LogP contribution in [-0.2, 0) is 4.79 Å². The smallest absolute Gasteiger partial charge is 0.306 e. The topological polar surface area (TPSA) is 98.3 Å². The number of anilines is 1. The third-order valence-electron chi connectivity index (χ3n) is 2.56. The Balaban J connectivity index is 2.89. The fraction of sp³-hybridized carbons (Fsp3) is 0.364. The van der Waals surface area contributed by atoms with Crippen LogP contribution < -0.4 is 11.1 Å². The number of nitro groups is 1. The Bertz CT molecular complexity index is 461. The number of halogens is 1. The van der Waals surface area contributed by atoms with Crippen LogP contribution in [0.1, 0.15) is 13.3 Å². The van der Waals surface area contributed by atoms with Crippen LogP contribution in [0.4, 0.5) is 15.8 Å². The molecule has 0 fully saturated rings. The number of carbonyl (C=O) groups excluding carboxylic acids is 1. The van der Waals surface area contributed by atoms with E-state index in [1.54, 1.807) is 0 Å². The number of hydrogen-bond donors (Lipinski definition) is 2. The Hall–Kier alpha value is -2.02. The van der Waals surface area contributed by atoms with Gasteiger partial charge in [0.2, 0.25) is 11.7 Å². The van der Waals surface area contributed by atoms with E-state index in [9.17, 15) is 19.3 Å². The fourth-order valence-electron chi connectivity index (χ4n) is 1.43. The summed E-state index contributed by atoms with van der Waals surface area (Å²) in [7, 11) is 0. The maximum absolute atomic E-state index is 13.1. The first-order valence-corrected chi connectivity index (χ1v) is 5.44. The maximum atomic E-state index is 13.1. The third-order valence-corrected chi connectivity index (χ3v) is 2.56. The van der Waals surface area contributed by atoms with Gasteiger partial charge < -0.3 is 11.1 Å². The molecular formula is C11H14FN3O3. The molecule has 0 bridgehead atoms. The van der Waals surface area contributed by atoms with Gasteiger partial charge in [0.15, 0.2) is 0 Å². The van der Waals surface area contributed by atoms with Crippen LogP contribution in [0.15, 0.2) is 18.2 Å². The molecule has 0 aliphatic carbocycles. The van der Waals surface area contributed by atoms with E-state index in [1.807, 2.05) is 6.92 Å². The van der Waals surface area contributed by atoms with Gasteiger partial charge in [-0.25, -0.2) is 0 Å². The number of rotatable bonds is 5. The van der Waals surface area contributed by atoms with Crippen molar-refractivity contribution in [1.82, 2.24) is 0 Å². The van der Waals surface area contributed by atoms with E-state index >= 15 is 0 Å². The Labute approximate surface area is 103 Å². The molecule has 98 valence electrons. The summed E-state index contributed by atoms with van der Waals surface area (Å²) in [6.07, 6.45) is 0.561. The first-order valence-electron chi connectivity index (χ1n) is 5.44. The minimum Gasteiger partial charge on any atom is -0.330 e. The number of hydrogen-bond acceptors (Lipinski definition) is 4. The minimum absolute atomic E-state index is 0.181. The van der Waals surface area contributed by atoms with Crippen molar-refractivity contribution in [3.63, 3.8) is 0 Å². The SMILES string of the molecule is CCC(CN)C(=O)Nc1ccc(F)c([N+](=O)[O-])c1. The highest BCUT2D eigenvalue weighted by Gasteiger charge is 2.18. The van der Waals surface area contributed by atoms with Gasteiger partial charge in [0.25, 0.3) is 0 Å². The normalized spacial score (nSPS) is 11.9. The molecule has 1 unspecified atom stereocenters. The van der Waals surface area contributed by atoms with Gasteiger partial charge in [-0.2, -0.15) is 4.39 Å². The summed E-state index contributed by atoms with van der Waals surface area (Å²) >= 11 is 0. The van der Waals surface area contributed by atoms with Gasteiger partial charge in [0, 0.05) is 18.3 Å². The van der Waals surface area contributed by atoms with Gasteiger partial charge in [-0.05, 0) is 18.6 Å². The van der Waals surface area contributed by atoms with Crippen molar-refractivity contribution in [3.8, 4) is 0 Å². The van der Waals surface area contributed by atoms with Gasteiger partial charge in [-0.15, -0.1) is 0 Å². The molecule has 6 nitrogen and oxygen atoms in total. The van der Waals surface area contributed by atoms with Crippen molar-refractivity contribution in [2.75, 3.05) is 11.9 Å². The molecular weight excluding hydrogens is 241 g/mol. The molecule has 0 saturated heterocycles. The highest BCUT2D eigenvalue weighted by molar-refractivity contribution is 5.92. The van der Waals surface area contributed by atoms with E-state index in [2.05, 4.69) is 5.32 Å². The summed E-state index contributed by atoms with van der Waals surface area (Å²) in [5.74, 6) is -1.64. The predicted molar refractivity (Wildman–Crippen MR) is 64.5 cm³/mol. The molecule has 0 aliphatic heterocycles. The first kappa shape index (κ1) is 14.0. The molecule has 3 N–H and O–H groups in total. The lowest BCUT2D eigenvalue weighted by atomic mass is 10.1. The van der Waals surface area contributed by atoms with Gasteiger partial charge >= 0.3 is 5.69 Å². The summed E-state index contributed by atoms with van der Waals surface area (Å²) in [6, 6.07) is 3.19. The first-order chi connectivity index (χ1) is 8.49. The van der Waals surface area contributed by atoms with E-state index in [0.29, 0.717) is 6.42 Å². The lowest BCUT2D eigenvalue weighted by Gasteiger charge is -2.12. The average molecular weight is 255 g/mol. The van der Waals surface area contributed by atoms with Crippen LogP contribution >= 0.6 is 0 Å². The number of amides is 1. The maximum Gasteiger partial charge on any atom is 0.306 e. The molecule has 0 aromatic heterocycles. The zero-order valence-electron chi connectivity index (χ0n) is 9.85. The van der Waals surface area contributed by atoms with E-state index in [4.69, 9.17) is 5.73 Å². The predicted octanol–water partition coefficient (Wildman–Crippen LogP) is 1.66. The largest absolute Gasteiger partial charge is 0.330 e. The molecule has 7 heteroatoms. The summed E-state index contributed by atoms with van der Waals surface area (Å²) in [4.78, 5) is 21.4. The van der Waals surface area contributed by atoms with Gasteiger partial charge in [-0.3, -0.25) is 14.9 Å². The second kappa shape index (κ2) is 6.06. The molecule has 0 saturated carbocycles. The zero-order chi connectivity index (χ0) is 13.7. The number of nitrogens with zero attached hydrogens (tertiary/aromatic N) is 1. The number of carbonyl (C=O) groups is 1. The van der Waals surface area contributed by atoms with E-state index < -0.39 is 16.4 Å². The standard InChI is InChI=1S/C11H14FN3O3/c1-2-7(6-13)11(16)14-8-3-4-9(12)10(5-8)15(17)18/h3-5,7H,2,6,13H2,1H3,(H,14,16). The highest BCUT2D eigenvalue weighted by Crippen LogP contribution is 2.22. The lowest BCUT2D eigenvalue weighted by Crippen LogP contribution is -2.28. The number of nitro benzene ring substituents is 1. The van der Waals surface area contributed by atoms with Crippen LogP contribution in [0.3, 0.4) is 0 Å². The van der Waals surface area contributed by atoms with Crippen LogP contribution in [0.2, 0.25) is 0 Å². The quantitative estimate of drug-likeness (QED) is 0.617. The van der Waals surface area contributed by atoms with Crippen LogP contribution in [0.25, 0.3) is 0 Å². The number of nitrogens with two attached hydrogens (primary N) is 1. The van der Waals surface area contributed by atoms with Gasteiger partial charge in [0.1, 0.15) is 0 Å². The van der Waals surface area contributed by atoms with Gasteiger partial charge in [0.05, 0.1) is 10.8 Å². The molecule has 18 heavy (non-hydrogen) atoms. The second-order valence-corrected chi connectivity index (χ2v) is 3.75. The molecule has 1 rings (SSSR count). The fourth-order valence-corrected chi connectivity index (χ4v) is 1.43. The monoisotopic (exact) mass is 255 g/mol. The lowest BCUT2D eigenvalue weighted by molar-refractivity contribution is -0.387. The molecule has 0 aliphatic rings. The third kappa shape index (κ3) is 3.24. The van der Waals surface area contributed by atoms with Crippen LogP contribution in [0.5, 0.6) is 0 Å². The summed E-state index contributed by atoms with van der Waals surface area (Å²) in [5.41, 5.74) is 4.92. The highest BCUT2D eigenvalue weighted by atomic mass is 19.1. The van der Waals surface area contributed by atoms with Crippen molar-refractivity contribution in [2.24, 2.45) is 11.7 Å². The van der Waals surface area contributed by atoms with E-state index in [-0.39, 0.29) is 24.1 Å². The Kier molecular flexibility index (Phi) is 4.73. The summed E-state index contributed by atoms with van der Waals surface area (Å²) in [6.45, 7) is 2.00. The second-order valence-electron chi connectivity index (χ2n) is 3.75. The Morgan fingerprint density at radius 2 is 2.28 bits per heavy atom. The molecule has 1 amide bonds. The van der Waals surface area contributed by atoms with Crippen molar-refractivity contribution in [2.45, 2.75) is 13.3 Å². The van der Waals surface area contributed by atoms with Crippen molar-refractivity contribution < 1.29 is 14.1 Å². The van der Waals surface area contributed by atoms with Crippen LogP contribution in [0, 0.1) is 21.8 Å². The molecule has 0 radical (unpaired) electrons. The minimum atomic E-state index is -0.941. The summed E-state index contributed by atoms with van der Waals surface area (Å²) in [5, 5.41) is 13.0. The van der Waals surface area contributed by atoms with Gasteiger partial charge in [-0.1, -0.05) is 6.92 Å². The van der Waals surface area contributed by atoms with E-state index in [1.165, 1.54) is 6.07 Å². The van der Waals surface area contributed by atoms with Crippen molar-refractivity contribution in [1.29, 1.82) is 0 Å². The molecule has 1 atom stereocenters. The number of benzene rings is 1. The van der Waals surface area contributed by atoms with Crippen molar-refractivity contribution >= 4 is 17.3 Å². The average Bonchev–Trinajstić information content (AvgIpc) is 2.32. The van der Waals surface area contributed by atoms with Crippen LogP contribution in [-0.4, -0.2) is 17.4 Å².